The van der Waals surface area contributed by atoms with Gasteiger partial charge in [0.2, 0.25) is 0 Å². The second kappa shape index (κ2) is 5.91. The van der Waals surface area contributed by atoms with Crippen LogP contribution in [0.3, 0.4) is 0 Å². The van der Waals surface area contributed by atoms with Crippen molar-refractivity contribution in [2.75, 3.05) is 7.11 Å². The molecule has 0 atom stereocenters. The molecular formula is C14H15N3O. The minimum absolute atomic E-state index is 0.557. The van der Waals surface area contributed by atoms with Crippen molar-refractivity contribution in [3.05, 3.63) is 53.6 Å². The number of hydrogen-bond donors (Lipinski definition) is 0. The lowest BCUT2D eigenvalue weighted by atomic mass is 10.2. The zero-order valence-electron chi connectivity index (χ0n) is 10.5. The van der Waals surface area contributed by atoms with Crippen LogP contribution in [-0.4, -0.2) is 23.3 Å². The van der Waals surface area contributed by atoms with Gasteiger partial charge in [-0.2, -0.15) is 0 Å². The summed E-state index contributed by atoms with van der Waals surface area (Å²) in [5.41, 5.74) is 2.08. The van der Waals surface area contributed by atoms with E-state index in [-0.39, 0.29) is 0 Å². The summed E-state index contributed by atoms with van der Waals surface area (Å²) in [5.74, 6) is 1.47. The first kappa shape index (κ1) is 12.2. The molecular weight excluding hydrogens is 226 g/mol. The van der Waals surface area contributed by atoms with Crippen molar-refractivity contribution < 1.29 is 4.74 Å². The summed E-state index contributed by atoms with van der Waals surface area (Å²) in [6.07, 6.45) is 5.22. The van der Waals surface area contributed by atoms with E-state index in [0.29, 0.717) is 12.4 Å². The highest BCUT2D eigenvalue weighted by Gasteiger charge is 1.99. The molecule has 0 spiro atoms. The molecule has 18 heavy (non-hydrogen) atoms. The molecule has 2 aromatic rings. The molecule has 0 N–H and O–H groups in total. The maximum atomic E-state index is 5.26. The van der Waals surface area contributed by atoms with Crippen LogP contribution in [0.25, 0.3) is 0 Å². The van der Waals surface area contributed by atoms with Crippen LogP contribution in [0.1, 0.15) is 17.0 Å². The molecule has 1 aromatic heterocycles. The lowest BCUT2D eigenvalue weighted by Crippen LogP contribution is -1.94. The maximum absolute atomic E-state index is 5.26. The Morgan fingerprint density at radius 3 is 2.67 bits per heavy atom. The van der Waals surface area contributed by atoms with Crippen LogP contribution in [-0.2, 0) is 6.54 Å². The van der Waals surface area contributed by atoms with Crippen molar-refractivity contribution >= 4 is 6.21 Å². The summed E-state index contributed by atoms with van der Waals surface area (Å²) in [4.78, 5) is 12.6. The van der Waals surface area contributed by atoms with E-state index in [9.17, 15) is 0 Å². The fraction of sp³-hybridized carbons (Fsp3) is 0.214. The van der Waals surface area contributed by atoms with Crippen molar-refractivity contribution in [1.82, 2.24) is 9.97 Å². The molecule has 0 fully saturated rings. The number of rotatable bonds is 4. The van der Waals surface area contributed by atoms with Gasteiger partial charge >= 0.3 is 0 Å². The average molecular weight is 241 g/mol. The van der Waals surface area contributed by atoms with E-state index in [1.54, 1.807) is 25.7 Å². The van der Waals surface area contributed by atoms with Gasteiger partial charge in [-0.3, -0.25) is 4.99 Å². The molecule has 0 radical (unpaired) electrons. The molecule has 0 aliphatic rings. The summed E-state index contributed by atoms with van der Waals surface area (Å²) < 4.78 is 5.26. The van der Waals surface area contributed by atoms with Crippen LogP contribution in [0.4, 0.5) is 0 Å². The van der Waals surface area contributed by atoms with E-state index in [4.69, 9.17) is 4.74 Å². The van der Waals surface area contributed by atoms with Gasteiger partial charge in [-0.1, -0.05) is 18.2 Å². The van der Waals surface area contributed by atoms with Gasteiger partial charge in [0, 0.05) is 18.0 Å². The third-order valence-electron chi connectivity index (χ3n) is 2.46. The number of aromatic nitrogens is 2. The molecule has 4 nitrogen and oxygen atoms in total. The third-order valence-corrected chi connectivity index (χ3v) is 2.46. The standard InChI is InChI=1S/C14H15N3O/c1-11-7-16-14(17-8-11)10-15-9-12-5-3-4-6-13(12)18-2/h3-8,10H,9H2,1-2H3/b15-10-. The predicted molar refractivity (Wildman–Crippen MR) is 71.1 cm³/mol. The Labute approximate surface area is 106 Å². The summed E-state index contributed by atoms with van der Waals surface area (Å²) in [7, 11) is 1.66. The molecule has 1 aromatic carbocycles. The minimum Gasteiger partial charge on any atom is -0.496 e. The highest BCUT2D eigenvalue weighted by Crippen LogP contribution is 2.17. The SMILES string of the molecule is COc1ccccc1C/N=C\c1ncc(C)cn1. The van der Waals surface area contributed by atoms with Crippen LogP contribution in [0, 0.1) is 6.92 Å². The van der Waals surface area contributed by atoms with Crippen LogP contribution >= 0.6 is 0 Å². The normalized spacial score (nSPS) is 10.8. The second-order valence-electron chi connectivity index (χ2n) is 3.90. The van der Waals surface area contributed by atoms with Gasteiger partial charge in [0.25, 0.3) is 0 Å². The van der Waals surface area contributed by atoms with E-state index in [0.717, 1.165) is 16.9 Å². The first-order chi connectivity index (χ1) is 8.79. The molecule has 0 aliphatic carbocycles. The number of aliphatic imine (C=N–C) groups is 1. The lowest BCUT2D eigenvalue weighted by molar-refractivity contribution is 0.410. The van der Waals surface area contributed by atoms with Gasteiger partial charge < -0.3 is 4.74 Å². The fourth-order valence-electron chi connectivity index (χ4n) is 1.53. The number of nitrogens with zero attached hydrogens (tertiary/aromatic N) is 3. The molecule has 4 heteroatoms. The Balaban J connectivity index is 2.05. The summed E-state index contributed by atoms with van der Waals surface area (Å²) in [5, 5.41) is 0. The van der Waals surface area contributed by atoms with Crippen molar-refractivity contribution in [3.63, 3.8) is 0 Å². The Bertz CT molecular complexity index is 535. The first-order valence-corrected chi connectivity index (χ1v) is 5.70. The number of methoxy groups -OCH3 is 1. The Morgan fingerprint density at radius 1 is 1.22 bits per heavy atom. The van der Waals surface area contributed by atoms with Crippen LogP contribution in [0.5, 0.6) is 5.75 Å². The van der Waals surface area contributed by atoms with Gasteiger partial charge in [-0.05, 0) is 18.6 Å². The van der Waals surface area contributed by atoms with Gasteiger partial charge in [0.15, 0.2) is 5.82 Å². The molecule has 1 heterocycles. The van der Waals surface area contributed by atoms with Crippen molar-refractivity contribution in [2.24, 2.45) is 4.99 Å². The lowest BCUT2D eigenvalue weighted by Gasteiger charge is -2.04. The van der Waals surface area contributed by atoms with Crippen LogP contribution in [0.2, 0.25) is 0 Å². The molecule has 92 valence electrons. The Kier molecular flexibility index (Phi) is 4.02. The second-order valence-corrected chi connectivity index (χ2v) is 3.90. The molecule has 0 bridgehead atoms. The predicted octanol–water partition coefficient (Wildman–Crippen LogP) is 2.41. The Hall–Kier alpha value is -2.23. The number of benzene rings is 1. The van der Waals surface area contributed by atoms with Crippen molar-refractivity contribution in [2.45, 2.75) is 13.5 Å². The van der Waals surface area contributed by atoms with Crippen LogP contribution in [0.15, 0.2) is 41.7 Å². The quantitative estimate of drug-likeness (QED) is 0.772. The highest BCUT2D eigenvalue weighted by molar-refractivity contribution is 5.74. The summed E-state index contributed by atoms with van der Waals surface area (Å²) in [6, 6.07) is 7.82. The van der Waals surface area contributed by atoms with Crippen molar-refractivity contribution in [3.8, 4) is 5.75 Å². The molecule has 0 saturated carbocycles. The molecule has 2 rings (SSSR count). The van der Waals surface area contributed by atoms with Gasteiger partial charge in [-0.25, -0.2) is 9.97 Å². The van der Waals surface area contributed by atoms with Gasteiger partial charge in [0.05, 0.1) is 19.9 Å². The largest absolute Gasteiger partial charge is 0.496 e. The first-order valence-electron chi connectivity index (χ1n) is 5.70. The fourth-order valence-corrected chi connectivity index (χ4v) is 1.53. The third kappa shape index (κ3) is 3.13. The maximum Gasteiger partial charge on any atom is 0.170 e. The zero-order chi connectivity index (χ0) is 12.8. The molecule has 0 unspecified atom stereocenters. The smallest absolute Gasteiger partial charge is 0.170 e. The number of aryl methyl sites for hydroxylation is 1. The highest BCUT2D eigenvalue weighted by atomic mass is 16.5. The summed E-state index contributed by atoms with van der Waals surface area (Å²) >= 11 is 0. The van der Waals surface area contributed by atoms with E-state index >= 15 is 0 Å². The van der Waals surface area contributed by atoms with E-state index in [1.165, 1.54) is 0 Å². The zero-order valence-corrected chi connectivity index (χ0v) is 10.5. The van der Waals surface area contributed by atoms with E-state index in [1.807, 2.05) is 31.2 Å². The number of ether oxygens (including phenoxy) is 1. The van der Waals surface area contributed by atoms with E-state index < -0.39 is 0 Å². The average Bonchev–Trinajstić information content (AvgIpc) is 2.41. The topological polar surface area (TPSA) is 47.4 Å². The Morgan fingerprint density at radius 2 is 1.94 bits per heavy atom. The van der Waals surface area contributed by atoms with Crippen molar-refractivity contribution in [1.29, 1.82) is 0 Å². The molecule has 0 amide bonds. The van der Waals surface area contributed by atoms with E-state index in [2.05, 4.69) is 15.0 Å². The molecule has 0 saturated heterocycles. The van der Waals surface area contributed by atoms with Crippen LogP contribution < -0.4 is 4.74 Å². The number of para-hydroxylation sites is 1. The van der Waals surface area contributed by atoms with Gasteiger partial charge in [0.1, 0.15) is 5.75 Å². The number of hydrogen-bond acceptors (Lipinski definition) is 4. The monoisotopic (exact) mass is 241 g/mol. The summed E-state index contributed by atoms with van der Waals surface area (Å²) in [6.45, 7) is 2.51. The molecule has 0 aliphatic heterocycles. The van der Waals surface area contributed by atoms with Gasteiger partial charge in [-0.15, -0.1) is 0 Å². The minimum atomic E-state index is 0.557.